The van der Waals surface area contributed by atoms with Crippen LogP contribution >= 0.6 is 0 Å². The predicted octanol–water partition coefficient (Wildman–Crippen LogP) is 5.03. The fraction of sp³-hybridized carbons (Fsp3) is 0.273. The molecule has 0 atom stereocenters. The number of benzene rings is 3. The van der Waals surface area contributed by atoms with Crippen LogP contribution < -0.4 is 9.47 Å². The van der Waals surface area contributed by atoms with Crippen molar-refractivity contribution in [2.24, 2.45) is 0 Å². The molecule has 7 rings (SSSR count). The Bertz CT molecular complexity index is 1740. The second kappa shape index (κ2) is 10.4. The van der Waals surface area contributed by atoms with E-state index in [1.54, 1.807) is 0 Å². The lowest BCUT2D eigenvalue weighted by Crippen LogP contribution is -2.47. The average molecular weight is 548 g/mol. The second-order valence-corrected chi connectivity index (χ2v) is 11.0. The van der Waals surface area contributed by atoms with Crippen LogP contribution in [0.5, 0.6) is 11.5 Å². The number of rotatable bonds is 6. The molecule has 0 N–H and O–H groups in total. The Balaban J connectivity index is 1.26. The van der Waals surface area contributed by atoms with Gasteiger partial charge in [0.1, 0.15) is 5.69 Å². The van der Waals surface area contributed by atoms with Crippen LogP contribution in [0.4, 0.5) is 0 Å². The van der Waals surface area contributed by atoms with Crippen molar-refractivity contribution in [1.29, 1.82) is 0 Å². The summed E-state index contributed by atoms with van der Waals surface area (Å²) >= 11 is 0. The molecule has 5 aromatic rings. The number of hydrogen-bond donors (Lipinski definition) is 0. The Morgan fingerprint density at radius 1 is 0.878 bits per heavy atom. The lowest BCUT2D eigenvalue weighted by molar-refractivity contribution is 0.0653. The molecule has 0 unspecified atom stereocenters. The molecule has 41 heavy (non-hydrogen) atoms. The van der Waals surface area contributed by atoms with Crippen LogP contribution in [-0.4, -0.2) is 69.8 Å². The third-order valence-electron chi connectivity index (χ3n) is 8.27. The van der Waals surface area contributed by atoms with Crippen molar-refractivity contribution >= 4 is 16.7 Å². The van der Waals surface area contributed by atoms with Crippen molar-refractivity contribution in [3.63, 3.8) is 0 Å². The van der Waals surface area contributed by atoms with Gasteiger partial charge in [-0.05, 0) is 54.1 Å². The van der Waals surface area contributed by atoms with E-state index in [9.17, 15) is 4.79 Å². The number of piperazine rings is 1. The first-order valence-corrected chi connectivity index (χ1v) is 14.1. The molecule has 8 nitrogen and oxygen atoms in total. The van der Waals surface area contributed by atoms with Crippen molar-refractivity contribution in [3.05, 3.63) is 102 Å². The summed E-state index contributed by atoms with van der Waals surface area (Å²) in [5.74, 6) is 1.62. The van der Waals surface area contributed by atoms with Crippen LogP contribution in [-0.2, 0) is 13.1 Å². The summed E-state index contributed by atoms with van der Waals surface area (Å²) in [6.07, 6.45) is 4.01. The van der Waals surface area contributed by atoms with Crippen molar-refractivity contribution in [2.75, 3.05) is 40.0 Å². The zero-order valence-corrected chi connectivity index (χ0v) is 23.4. The van der Waals surface area contributed by atoms with Crippen LogP contribution in [0.1, 0.15) is 27.4 Å². The lowest BCUT2D eigenvalue weighted by atomic mass is 10.0. The number of aromatic nitrogens is 3. The van der Waals surface area contributed by atoms with Crippen LogP contribution in [0.2, 0.25) is 0 Å². The standard InChI is InChI=1S/C33H33N5O3/c1-23-30(38(21-34-23)18-24-10-11-31-32(16-24)41-22-40-31)20-37-19-26(28-9-5-7-25-6-3-4-8-27(25)28)17-29(37)33(39)36-14-12-35(2)13-15-36/h3-11,16-17,19,21H,12-15,18,20,22H2,1-2H3. The number of ether oxygens (including phenoxy) is 2. The van der Waals surface area contributed by atoms with Gasteiger partial charge in [-0.3, -0.25) is 4.79 Å². The number of amides is 1. The largest absolute Gasteiger partial charge is 0.454 e. The molecule has 0 aliphatic carbocycles. The molecule has 1 fully saturated rings. The van der Waals surface area contributed by atoms with Crippen molar-refractivity contribution < 1.29 is 14.3 Å². The highest BCUT2D eigenvalue weighted by Gasteiger charge is 2.25. The molecule has 2 aliphatic heterocycles. The van der Waals surface area contributed by atoms with E-state index in [0.717, 1.165) is 65.8 Å². The maximum atomic E-state index is 14.0. The fourth-order valence-electron chi connectivity index (χ4n) is 5.86. The average Bonchev–Trinajstić information content (AvgIpc) is 3.72. The van der Waals surface area contributed by atoms with Gasteiger partial charge in [-0.2, -0.15) is 0 Å². The van der Waals surface area contributed by atoms with Crippen molar-refractivity contribution in [2.45, 2.75) is 20.0 Å². The van der Waals surface area contributed by atoms with Crippen molar-refractivity contribution in [3.8, 4) is 22.6 Å². The summed E-state index contributed by atoms with van der Waals surface area (Å²) < 4.78 is 15.3. The maximum absolute atomic E-state index is 14.0. The highest BCUT2D eigenvalue weighted by atomic mass is 16.7. The molecule has 0 bridgehead atoms. The van der Waals surface area contributed by atoms with Crippen LogP contribution in [0.3, 0.4) is 0 Å². The number of imidazole rings is 1. The monoisotopic (exact) mass is 547 g/mol. The van der Waals surface area contributed by atoms with E-state index in [-0.39, 0.29) is 12.7 Å². The summed E-state index contributed by atoms with van der Waals surface area (Å²) in [5.41, 5.74) is 5.98. The molecule has 208 valence electrons. The minimum atomic E-state index is 0.0732. The highest BCUT2D eigenvalue weighted by Crippen LogP contribution is 2.34. The summed E-state index contributed by atoms with van der Waals surface area (Å²) in [6, 6.07) is 22.9. The molecule has 0 spiro atoms. The van der Waals surface area contributed by atoms with Gasteiger partial charge >= 0.3 is 0 Å². The number of nitrogens with zero attached hydrogens (tertiary/aromatic N) is 5. The number of hydrogen-bond acceptors (Lipinski definition) is 5. The Hall–Kier alpha value is -4.56. The number of aryl methyl sites for hydroxylation is 1. The molecule has 1 saturated heterocycles. The van der Waals surface area contributed by atoms with Gasteiger partial charge in [0.15, 0.2) is 11.5 Å². The molecule has 0 saturated carbocycles. The summed E-state index contributed by atoms with van der Waals surface area (Å²) in [5, 5.41) is 2.36. The third kappa shape index (κ3) is 4.85. The van der Waals surface area contributed by atoms with Gasteiger partial charge in [0.05, 0.1) is 24.3 Å². The molecular weight excluding hydrogens is 514 g/mol. The van der Waals surface area contributed by atoms with Gasteiger partial charge in [-0.25, -0.2) is 4.98 Å². The Kier molecular flexibility index (Phi) is 6.47. The number of likely N-dealkylation sites (N-methyl/N-ethyl adjacent to an activating group) is 1. The van der Waals surface area contributed by atoms with Gasteiger partial charge in [0.2, 0.25) is 6.79 Å². The first-order valence-electron chi connectivity index (χ1n) is 14.1. The molecule has 2 aliphatic rings. The topological polar surface area (TPSA) is 64.8 Å². The van der Waals surface area contributed by atoms with Gasteiger partial charge in [-0.15, -0.1) is 0 Å². The Morgan fingerprint density at radius 2 is 1.68 bits per heavy atom. The van der Waals surface area contributed by atoms with Crippen LogP contribution in [0, 0.1) is 6.92 Å². The molecule has 8 heteroatoms. The molecule has 4 heterocycles. The molecule has 0 radical (unpaired) electrons. The number of carbonyl (C=O) groups excluding carboxylic acids is 1. The van der Waals surface area contributed by atoms with Crippen LogP contribution in [0.15, 0.2) is 79.3 Å². The predicted molar refractivity (Wildman–Crippen MR) is 159 cm³/mol. The second-order valence-electron chi connectivity index (χ2n) is 11.0. The van der Waals surface area contributed by atoms with E-state index in [0.29, 0.717) is 18.8 Å². The van der Waals surface area contributed by atoms with E-state index in [1.165, 1.54) is 10.8 Å². The van der Waals surface area contributed by atoms with E-state index in [1.807, 2.05) is 30.3 Å². The highest BCUT2D eigenvalue weighted by molar-refractivity contribution is 5.99. The summed E-state index contributed by atoms with van der Waals surface area (Å²) in [6.45, 7) is 6.68. The summed E-state index contributed by atoms with van der Waals surface area (Å²) in [4.78, 5) is 22.9. The van der Waals surface area contributed by atoms with Crippen LogP contribution in [0.25, 0.3) is 21.9 Å². The minimum absolute atomic E-state index is 0.0732. The van der Waals surface area contributed by atoms with Gasteiger partial charge in [0.25, 0.3) is 5.91 Å². The Labute approximate surface area is 239 Å². The van der Waals surface area contributed by atoms with E-state index >= 15 is 0 Å². The molecule has 3 aromatic carbocycles. The van der Waals surface area contributed by atoms with Gasteiger partial charge < -0.3 is 28.4 Å². The van der Waals surface area contributed by atoms with E-state index in [4.69, 9.17) is 9.47 Å². The smallest absolute Gasteiger partial charge is 0.270 e. The Morgan fingerprint density at radius 3 is 2.56 bits per heavy atom. The lowest BCUT2D eigenvalue weighted by Gasteiger charge is -2.32. The SMILES string of the molecule is Cc1ncn(Cc2ccc3c(c2)OCO3)c1Cn1cc(-c2cccc3ccccc23)cc1C(=O)N1CCN(C)CC1. The fourth-order valence-corrected chi connectivity index (χ4v) is 5.86. The van der Waals surface area contributed by atoms with E-state index in [2.05, 4.69) is 86.9 Å². The zero-order valence-electron chi connectivity index (χ0n) is 23.4. The summed E-state index contributed by atoms with van der Waals surface area (Å²) in [7, 11) is 2.10. The molecule has 2 aromatic heterocycles. The molecule has 1 amide bonds. The van der Waals surface area contributed by atoms with E-state index < -0.39 is 0 Å². The number of fused-ring (bicyclic) bond motifs is 2. The zero-order chi connectivity index (χ0) is 27.9. The first-order chi connectivity index (χ1) is 20.0. The molecular formula is C33H33N5O3. The van der Waals surface area contributed by atoms with Gasteiger partial charge in [0, 0.05) is 44.5 Å². The first kappa shape index (κ1) is 25.4. The number of carbonyl (C=O) groups is 1. The van der Waals surface area contributed by atoms with Gasteiger partial charge in [-0.1, -0.05) is 48.5 Å². The third-order valence-corrected chi connectivity index (χ3v) is 8.27. The maximum Gasteiger partial charge on any atom is 0.270 e. The minimum Gasteiger partial charge on any atom is -0.454 e. The normalized spacial score (nSPS) is 15.1. The van der Waals surface area contributed by atoms with Crippen molar-refractivity contribution in [1.82, 2.24) is 23.9 Å². The quantitative estimate of drug-likeness (QED) is 0.299.